The maximum Gasteiger partial charge on any atom is 0.221 e. The molecule has 0 bridgehead atoms. The van der Waals surface area contributed by atoms with Gasteiger partial charge in [0.2, 0.25) is 5.95 Å². The lowest BCUT2D eigenvalue weighted by Gasteiger charge is -2.08. The minimum atomic E-state index is 0.148. The second-order valence-electron chi connectivity index (χ2n) is 4.52. The zero-order chi connectivity index (χ0) is 14.8. The van der Waals surface area contributed by atoms with Crippen LogP contribution in [-0.4, -0.2) is 15.1 Å². The second-order valence-corrected chi connectivity index (χ2v) is 5.44. The molecule has 0 saturated carbocycles. The van der Waals surface area contributed by atoms with E-state index in [2.05, 4.69) is 25.9 Å². The Labute approximate surface area is 130 Å². The molecule has 1 aromatic heterocycles. The van der Waals surface area contributed by atoms with Gasteiger partial charge in [0.05, 0.1) is 11.4 Å². The Balaban J connectivity index is 2.16. The van der Waals surface area contributed by atoms with Crippen LogP contribution >= 0.6 is 15.9 Å². The van der Waals surface area contributed by atoms with Crippen molar-refractivity contribution in [3.63, 3.8) is 0 Å². The molecule has 0 spiro atoms. The molecule has 104 valence electrons. The first-order valence-electron chi connectivity index (χ1n) is 6.32. The van der Waals surface area contributed by atoms with E-state index in [1.165, 1.54) is 0 Å². The lowest BCUT2D eigenvalue weighted by molar-refractivity contribution is 0.477. The van der Waals surface area contributed by atoms with Gasteiger partial charge in [0, 0.05) is 15.6 Å². The first-order chi connectivity index (χ1) is 10.1. The predicted octanol–water partition coefficient (Wildman–Crippen LogP) is 3.86. The summed E-state index contributed by atoms with van der Waals surface area (Å²) < 4.78 is 0.855. The number of phenolic OH excluding ortho intramolecular Hbond substituents is 1. The quantitative estimate of drug-likeness (QED) is 0.742. The minimum Gasteiger partial charge on any atom is -0.507 e. The maximum absolute atomic E-state index is 10.0. The van der Waals surface area contributed by atoms with E-state index in [4.69, 9.17) is 5.73 Å². The van der Waals surface area contributed by atoms with Crippen LogP contribution in [0.2, 0.25) is 0 Å². The lowest BCUT2D eigenvalue weighted by Crippen LogP contribution is -1.98. The smallest absolute Gasteiger partial charge is 0.221 e. The van der Waals surface area contributed by atoms with E-state index in [9.17, 15) is 5.11 Å². The van der Waals surface area contributed by atoms with E-state index in [0.717, 1.165) is 15.7 Å². The van der Waals surface area contributed by atoms with Crippen LogP contribution in [0.15, 0.2) is 59.1 Å². The zero-order valence-corrected chi connectivity index (χ0v) is 12.6. The molecule has 0 fully saturated rings. The molecule has 0 aliphatic heterocycles. The summed E-state index contributed by atoms with van der Waals surface area (Å²) in [5.41, 5.74) is 8.66. The van der Waals surface area contributed by atoms with E-state index >= 15 is 0 Å². The summed E-state index contributed by atoms with van der Waals surface area (Å²) in [7, 11) is 0. The van der Waals surface area contributed by atoms with Crippen molar-refractivity contribution in [1.82, 2.24) is 9.97 Å². The van der Waals surface area contributed by atoms with Gasteiger partial charge in [0.25, 0.3) is 0 Å². The monoisotopic (exact) mass is 341 g/mol. The Morgan fingerprint density at radius 2 is 1.62 bits per heavy atom. The Morgan fingerprint density at radius 3 is 2.38 bits per heavy atom. The van der Waals surface area contributed by atoms with E-state index in [0.29, 0.717) is 11.3 Å². The van der Waals surface area contributed by atoms with Crippen molar-refractivity contribution < 1.29 is 5.11 Å². The summed E-state index contributed by atoms with van der Waals surface area (Å²) in [6.45, 7) is 0. The number of hydrogen-bond donors (Lipinski definition) is 2. The fourth-order valence-electron chi connectivity index (χ4n) is 2.07. The number of aromatic hydroxyl groups is 1. The third kappa shape index (κ3) is 2.87. The van der Waals surface area contributed by atoms with Gasteiger partial charge in [-0.15, -0.1) is 0 Å². The molecule has 1 heterocycles. The van der Waals surface area contributed by atoms with E-state index < -0.39 is 0 Å². The Morgan fingerprint density at radius 1 is 0.905 bits per heavy atom. The average molecular weight is 342 g/mol. The molecule has 4 nitrogen and oxygen atoms in total. The van der Waals surface area contributed by atoms with Gasteiger partial charge in [-0.3, -0.25) is 0 Å². The number of anilines is 1. The van der Waals surface area contributed by atoms with Crippen molar-refractivity contribution >= 4 is 21.9 Å². The molecule has 3 N–H and O–H groups in total. The number of nitrogens with zero attached hydrogens (tertiary/aromatic N) is 2. The molecule has 5 heteroatoms. The number of benzene rings is 2. The highest BCUT2D eigenvalue weighted by atomic mass is 79.9. The number of nitrogen functional groups attached to an aromatic ring is 1. The van der Waals surface area contributed by atoms with Crippen molar-refractivity contribution in [1.29, 1.82) is 0 Å². The van der Waals surface area contributed by atoms with Gasteiger partial charge in [0.1, 0.15) is 5.75 Å². The highest BCUT2D eigenvalue weighted by molar-refractivity contribution is 9.10. The largest absolute Gasteiger partial charge is 0.507 e. The van der Waals surface area contributed by atoms with Crippen molar-refractivity contribution in [3.05, 3.63) is 59.1 Å². The first-order valence-corrected chi connectivity index (χ1v) is 7.11. The van der Waals surface area contributed by atoms with Crippen LogP contribution in [-0.2, 0) is 0 Å². The summed E-state index contributed by atoms with van der Waals surface area (Å²) in [6.07, 6.45) is 0. The highest BCUT2D eigenvalue weighted by Crippen LogP contribution is 2.32. The topological polar surface area (TPSA) is 72.0 Å². The fraction of sp³-hybridized carbons (Fsp3) is 0. The molecule has 0 atom stereocenters. The summed E-state index contributed by atoms with van der Waals surface area (Å²) in [4.78, 5) is 8.47. The van der Waals surface area contributed by atoms with Crippen LogP contribution in [0.1, 0.15) is 0 Å². The van der Waals surface area contributed by atoms with E-state index in [-0.39, 0.29) is 11.7 Å². The van der Waals surface area contributed by atoms with Gasteiger partial charge >= 0.3 is 0 Å². The van der Waals surface area contributed by atoms with Crippen molar-refractivity contribution in [2.45, 2.75) is 0 Å². The number of nitrogens with two attached hydrogens (primary N) is 1. The predicted molar refractivity (Wildman–Crippen MR) is 86.7 cm³/mol. The van der Waals surface area contributed by atoms with Crippen LogP contribution in [0.25, 0.3) is 22.5 Å². The molecule has 21 heavy (non-hydrogen) atoms. The zero-order valence-electron chi connectivity index (χ0n) is 11.0. The van der Waals surface area contributed by atoms with Crippen LogP contribution < -0.4 is 5.73 Å². The molecule has 0 saturated heterocycles. The van der Waals surface area contributed by atoms with Crippen molar-refractivity contribution in [2.24, 2.45) is 0 Å². The molecule has 0 radical (unpaired) electrons. The summed E-state index contributed by atoms with van der Waals surface area (Å²) in [5, 5.41) is 10.0. The Bertz CT molecular complexity index is 791. The fourth-order valence-corrected chi connectivity index (χ4v) is 2.44. The standard InChI is InChI=1S/C16H12BrN3O/c17-11-6-7-15(21)12(8-11)14-9-13(19-16(18)20-14)10-4-2-1-3-5-10/h1-9,21H,(H2,18,19,20). The first kappa shape index (κ1) is 13.6. The molecule has 0 aliphatic rings. The van der Waals surface area contributed by atoms with E-state index in [1.54, 1.807) is 18.2 Å². The number of aromatic nitrogens is 2. The van der Waals surface area contributed by atoms with Crippen LogP contribution in [0, 0.1) is 0 Å². The summed E-state index contributed by atoms with van der Waals surface area (Å²) in [6, 6.07) is 16.7. The Kier molecular flexibility index (Phi) is 3.58. The van der Waals surface area contributed by atoms with Gasteiger partial charge < -0.3 is 10.8 Å². The van der Waals surface area contributed by atoms with Crippen LogP contribution in [0.3, 0.4) is 0 Å². The van der Waals surface area contributed by atoms with Gasteiger partial charge in [0.15, 0.2) is 0 Å². The second kappa shape index (κ2) is 5.54. The average Bonchev–Trinajstić information content (AvgIpc) is 2.50. The molecule has 3 rings (SSSR count). The summed E-state index contributed by atoms with van der Waals surface area (Å²) in [5.74, 6) is 0.320. The van der Waals surface area contributed by atoms with Gasteiger partial charge in [-0.25, -0.2) is 9.97 Å². The molecule has 0 aliphatic carbocycles. The minimum absolute atomic E-state index is 0.148. The van der Waals surface area contributed by atoms with Crippen LogP contribution in [0.4, 0.5) is 5.95 Å². The number of phenols is 1. The summed E-state index contributed by atoms with van der Waals surface area (Å²) >= 11 is 3.39. The van der Waals surface area contributed by atoms with Crippen molar-refractivity contribution in [2.75, 3.05) is 5.73 Å². The molecule has 0 amide bonds. The number of rotatable bonds is 2. The third-order valence-electron chi connectivity index (χ3n) is 3.05. The van der Waals surface area contributed by atoms with Crippen molar-refractivity contribution in [3.8, 4) is 28.3 Å². The van der Waals surface area contributed by atoms with E-state index in [1.807, 2.05) is 36.4 Å². The molecule has 3 aromatic rings. The third-order valence-corrected chi connectivity index (χ3v) is 3.54. The highest BCUT2D eigenvalue weighted by Gasteiger charge is 2.10. The lowest BCUT2D eigenvalue weighted by atomic mass is 10.1. The van der Waals surface area contributed by atoms with Gasteiger partial charge in [-0.1, -0.05) is 46.3 Å². The normalized spacial score (nSPS) is 10.5. The van der Waals surface area contributed by atoms with Gasteiger partial charge in [-0.2, -0.15) is 0 Å². The Hall–Kier alpha value is -2.40. The molecular weight excluding hydrogens is 330 g/mol. The molecule has 0 unspecified atom stereocenters. The number of halogens is 1. The number of hydrogen-bond acceptors (Lipinski definition) is 4. The SMILES string of the molecule is Nc1nc(-c2ccccc2)cc(-c2cc(Br)ccc2O)n1. The van der Waals surface area contributed by atoms with Crippen LogP contribution in [0.5, 0.6) is 5.75 Å². The molecule has 2 aromatic carbocycles. The maximum atomic E-state index is 10.0. The molecular formula is C16H12BrN3O. The van der Waals surface area contributed by atoms with Gasteiger partial charge in [-0.05, 0) is 24.3 Å².